The highest BCUT2D eigenvalue weighted by Gasteiger charge is 2.31. The van der Waals surface area contributed by atoms with Gasteiger partial charge in [-0.1, -0.05) is 0 Å². The van der Waals surface area contributed by atoms with Crippen LogP contribution in [0, 0.1) is 13.8 Å². The number of alkyl halides is 3. The summed E-state index contributed by atoms with van der Waals surface area (Å²) in [5, 5.41) is 9.09. The van der Waals surface area contributed by atoms with Crippen LogP contribution in [0.4, 0.5) is 13.2 Å². The van der Waals surface area contributed by atoms with Gasteiger partial charge in [-0.3, -0.25) is 9.69 Å². The molecule has 0 radical (unpaired) electrons. The number of carboxylic acid groups (broad SMARTS) is 1. The minimum absolute atomic E-state index is 0.106. The number of halogens is 3. The Labute approximate surface area is 106 Å². The summed E-state index contributed by atoms with van der Waals surface area (Å²) in [5.74, 6) is -1.29. The second kappa shape index (κ2) is 5.66. The van der Waals surface area contributed by atoms with Gasteiger partial charge in [0.05, 0.1) is 25.3 Å². The average molecular weight is 282 g/mol. The molecule has 0 saturated heterocycles. The predicted molar refractivity (Wildman–Crippen MR) is 60.6 cm³/mol. The van der Waals surface area contributed by atoms with Gasteiger partial charge in [-0.15, -0.1) is 11.3 Å². The Kier molecular flexibility index (Phi) is 4.69. The van der Waals surface area contributed by atoms with Gasteiger partial charge < -0.3 is 5.11 Å². The lowest BCUT2D eigenvalue weighted by Gasteiger charge is -2.20. The van der Waals surface area contributed by atoms with Crippen LogP contribution in [0.15, 0.2) is 0 Å². The summed E-state index contributed by atoms with van der Waals surface area (Å²) in [7, 11) is 0. The van der Waals surface area contributed by atoms with Crippen molar-refractivity contribution >= 4 is 17.3 Å². The van der Waals surface area contributed by atoms with E-state index >= 15 is 0 Å². The monoisotopic (exact) mass is 282 g/mol. The predicted octanol–water partition coefficient (Wildman–Crippen LogP) is 2.21. The molecule has 0 bridgehead atoms. The van der Waals surface area contributed by atoms with Gasteiger partial charge in [0.2, 0.25) is 0 Å². The molecule has 0 aliphatic rings. The van der Waals surface area contributed by atoms with Gasteiger partial charge in [0.15, 0.2) is 0 Å². The van der Waals surface area contributed by atoms with Crippen molar-refractivity contribution in [3.8, 4) is 0 Å². The summed E-state index contributed by atoms with van der Waals surface area (Å²) in [6.07, 6.45) is -4.42. The molecule has 0 fully saturated rings. The molecule has 0 saturated carbocycles. The van der Waals surface area contributed by atoms with Crippen molar-refractivity contribution in [1.82, 2.24) is 9.88 Å². The van der Waals surface area contributed by atoms with Gasteiger partial charge >= 0.3 is 12.1 Å². The maximum absolute atomic E-state index is 12.3. The SMILES string of the molecule is Cc1nc(CN(CC(=O)O)CC(F)(F)F)sc1C. The first-order valence-electron chi connectivity index (χ1n) is 5.11. The molecule has 102 valence electrons. The zero-order valence-electron chi connectivity index (χ0n) is 9.91. The van der Waals surface area contributed by atoms with Crippen LogP contribution in [-0.2, 0) is 11.3 Å². The molecule has 4 nitrogen and oxygen atoms in total. The Bertz CT molecular complexity index is 412. The number of rotatable bonds is 5. The normalized spacial score (nSPS) is 12.1. The van der Waals surface area contributed by atoms with E-state index in [1.807, 2.05) is 6.92 Å². The number of hydrogen-bond donors (Lipinski definition) is 1. The van der Waals surface area contributed by atoms with Crippen LogP contribution in [0.2, 0.25) is 0 Å². The lowest BCUT2D eigenvalue weighted by molar-refractivity contribution is -0.154. The Morgan fingerprint density at radius 3 is 2.44 bits per heavy atom. The van der Waals surface area contributed by atoms with Crippen molar-refractivity contribution in [2.45, 2.75) is 26.6 Å². The molecule has 1 rings (SSSR count). The zero-order chi connectivity index (χ0) is 13.9. The van der Waals surface area contributed by atoms with Gasteiger partial charge in [0.1, 0.15) is 5.01 Å². The number of thiazole rings is 1. The minimum atomic E-state index is -4.42. The molecule has 8 heteroatoms. The summed E-state index contributed by atoms with van der Waals surface area (Å²) < 4.78 is 36.9. The van der Waals surface area contributed by atoms with Crippen LogP contribution in [0.5, 0.6) is 0 Å². The molecule has 0 aliphatic carbocycles. The highest BCUT2D eigenvalue weighted by atomic mass is 32.1. The molecule has 0 amide bonds. The van der Waals surface area contributed by atoms with E-state index < -0.39 is 25.2 Å². The minimum Gasteiger partial charge on any atom is -0.480 e. The number of nitrogens with zero attached hydrogens (tertiary/aromatic N) is 2. The van der Waals surface area contributed by atoms with Gasteiger partial charge in [0.25, 0.3) is 0 Å². The van der Waals surface area contributed by atoms with E-state index in [0.29, 0.717) is 5.01 Å². The van der Waals surface area contributed by atoms with E-state index in [2.05, 4.69) is 4.98 Å². The number of carbonyl (C=O) groups is 1. The van der Waals surface area contributed by atoms with Gasteiger partial charge in [-0.25, -0.2) is 4.98 Å². The molecular formula is C10H13F3N2O2S. The summed E-state index contributed by atoms with van der Waals surface area (Å²) in [6, 6.07) is 0. The molecule has 1 aromatic rings. The van der Waals surface area contributed by atoms with Gasteiger partial charge in [0, 0.05) is 4.88 Å². The molecule has 18 heavy (non-hydrogen) atoms. The van der Waals surface area contributed by atoms with Crippen molar-refractivity contribution < 1.29 is 23.1 Å². The maximum Gasteiger partial charge on any atom is 0.401 e. The van der Waals surface area contributed by atoms with Crippen LogP contribution in [0.3, 0.4) is 0 Å². The van der Waals surface area contributed by atoms with Crippen LogP contribution in [0.1, 0.15) is 15.6 Å². The standard InChI is InChI=1S/C10H13F3N2O2S/c1-6-7(2)18-8(14-6)3-15(4-9(16)17)5-10(11,12)13/h3-5H2,1-2H3,(H,16,17). The number of aliphatic carboxylic acids is 1. The van der Waals surface area contributed by atoms with E-state index in [1.54, 1.807) is 6.92 Å². The van der Waals surface area contributed by atoms with E-state index in [9.17, 15) is 18.0 Å². The molecule has 0 aromatic carbocycles. The number of hydrogen-bond acceptors (Lipinski definition) is 4. The van der Waals surface area contributed by atoms with E-state index in [0.717, 1.165) is 15.5 Å². The van der Waals surface area contributed by atoms with Crippen molar-refractivity contribution in [1.29, 1.82) is 0 Å². The van der Waals surface area contributed by atoms with E-state index in [1.165, 1.54) is 11.3 Å². The Morgan fingerprint density at radius 1 is 1.44 bits per heavy atom. The van der Waals surface area contributed by atoms with Crippen LogP contribution in [-0.4, -0.2) is 40.2 Å². The highest BCUT2D eigenvalue weighted by molar-refractivity contribution is 7.11. The average Bonchev–Trinajstić information content (AvgIpc) is 2.40. The summed E-state index contributed by atoms with van der Waals surface area (Å²) in [6.45, 7) is 1.57. The van der Waals surface area contributed by atoms with Gasteiger partial charge in [-0.2, -0.15) is 13.2 Å². The molecule has 1 heterocycles. The molecular weight excluding hydrogens is 269 g/mol. The lowest BCUT2D eigenvalue weighted by atomic mass is 10.4. The number of aromatic nitrogens is 1. The first-order valence-corrected chi connectivity index (χ1v) is 5.93. The number of carboxylic acids is 1. The van der Waals surface area contributed by atoms with Crippen LogP contribution in [0.25, 0.3) is 0 Å². The molecule has 0 aliphatic heterocycles. The van der Waals surface area contributed by atoms with Crippen LogP contribution >= 0.6 is 11.3 Å². The lowest BCUT2D eigenvalue weighted by Crippen LogP contribution is -2.37. The molecule has 0 atom stereocenters. The van der Waals surface area contributed by atoms with Crippen molar-refractivity contribution in [2.75, 3.05) is 13.1 Å². The molecule has 1 N–H and O–H groups in total. The molecule has 1 aromatic heterocycles. The Hall–Kier alpha value is -1.15. The fraction of sp³-hybridized carbons (Fsp3) is 0.600. The van der Waals surface area contributed by atoms with Crippen molar-refractivity contribution in [3.63, 3.8) is 0 Å². The summed E-state index contributed by atoms with van der Waals surface area (Å²) in [5.41, 5.74) is 0.761. The highest BCUT2D eigenvalue weighted by Crippen LogP contribution is 2.21. The largest absolute Gasteiger partial charge is 0.480 e. The Morgan fingerprint density at radius 2 is 2.06 bits per heavy atom. The summed E-state index contributed by atoms with van der Waals surface area (Å²) in [4.78, 5) is 16.4. The van der Waals surface area contributed by atoms with Crippen LogP contribution < -0.4 is 0 Å². The first kappa shape index (κ1) is 14.9. The first-order chi connectivity index (χ1) is 8.17. The topological polar surface area (TPSA) is 53.4 Å². The smallest absolute Gasteiger partial charge is 0.401 e. The second-order valence-corrected chi connectivity index (χ2v) is 5.19. The third kappa shape index (κ3) is 5.01. The van der Waals surface area contributed by atoms with Crippen molar-refractivity contribution in [3.05, 3.63) is 15.6 Å². The fourth-order valence-corrected chi connectivity index (χ4v) is 2.39. The molecule has 0 spiro atoms. The maximum atomic E-state index is 12.3. The van der Waals surface area contributed by atoms with E-state index in [-0.39, 0.29) is 6.54 Å². The summed E-state index contributed by atoms with van der Waals surface area (Å²) >= 11 is 1.28. The zero-order valence-corrected chi connectivity index (χ0v) is 10.7. The third-order valence-electron chi connectivity index (χ3n) is 2.19. The fourth-order valence-electron chi connectivity index (χ4n) is 1.41. The van der Waals surface area contributed by atoms with Gasteiger partial charge in [-0.05, 0) is 13.8 Å². The van der Waals surface area contributed by atoms with Crippen molar-refractivity contribution in [2.24, 2.45) is 0 Å². The third-order valence-corrected chi connectivity index (χ3v) is 3.25. The number of aryl methyl sites for hydroxylation is 2. The Balaban J connectivity index is 2.74. The molecule has 0 unspecified atom stereocenters. The van der Waals surface area contributed by atoms with E-state index in [4.69, 9.17) is 5.11 Å². The quantitative estimate of drug-likeness (QED) is 0.899. The second-order valence-electron chi connectivity index (χ2n) is 3.90.